The van der Waals surface area contributed by atoms with Crippen LogP contribution in [0.4, 0.5) is 0 Å². The highest BCUT2D eigenvalue weighted by atomic mass is 16.5. The van der Waals surface area contributed by atoms with Gasteiger partial charge in [-0.1, -0.05) is 12.1 Å². The summed E-state index contributed by atoms with van der Waals surface area (Å²) in [6, 6.07) is 6.92. The molecule has 0 spiro atoms. The van der Waals surface area contributed by atoms with Crippen LogP contribution in [0.2, 0.25) is 0 Å². The summed E-state index contributed by atoms with van der Waals surface area (Å²) < 4.78 is 7.52. The first-order chi connectivity index (χ1) is 10.2. The summed E-state index contributed by atoms with van der Waals surface area (Å²) in [4.78, 5) is 15.0. The number of nitrogens with zero attached hydrogens (tertiary/aromatic N) is 2. The summed E-state index contributed by atoms with van der Waals surface area (Å²) in [7, 11) is 0. The Hall–Kier alpha value is -2.34. The number of nitrogens with one attached hydrogen (secondary N) is 1. The van der Waals surface area contributed by atoms with E-state index in [1.165, 1.54) is 6.07 Å². The molecule has 21 heavy (non-hydrogen) atoms. The Morgan fingerprint density at radius 3 is 3.00 bits per heavy atom. The topological polar surface area (TPSA) is 76.4 Å². The van der Waals surface area contributed by atoms with E-state index in [0.29, 0.717) is 18.9 Å². The molecule has 6 heteroatoms. The average Bonchev–Trinajstić information content (AvgIpc) is 2.96. The molecular formula is C15H19N3O3. The molecule has 1 atom stereocenters. The van der Waals surface area contributed by atoms with Crippen molar-refractivity contribution < 1.29 is 14.6 Å². The third kappa shape index (κ3) is 4.61. The van der Waals surface area contributed by atoms with Crippen LogP contribution in [0.3, 0.4) is 0 Å². The highest BCUT2D eigenvalue weighted by molar-refractivity contribution is 5.90. The molecule has 112 valence electrons. The number of para-hydroxylation sites is 1. The number of carbonyl (C=O) groups is 1. The molecule has 0 fully saturated rings. The van der Waals surface area contributed by atoms with Crippen molar-refractivity contribution in [1.82, 2.24) is 14.9 Å². The number of ether oxygens (including phenoxy) is 1. The van der Waals surface area contributed by atoms with E-state index in [0.717, 1.165) is 6.54 Å². The van der Waals surface area contributed by atoms with Crippen molar-refractivity contribution in [1.29, 1.82) is 0 Å². The van der Waals surface area contributed by atoms with Gasteiger partial charge in [-0.05, 0) is 19.1 Å². The normalized spacial score (nSPS) is 12.0. The van der Waals surface area contributed by atoms with E-state index >= 15 is 0 Å². The quantitative estimate of drug-likeness (QED) is 0.722. The molecule has 0 saturated carbocycles. The van der Waals surface area contributed by atoms with Crippen LogP contribution < -0.4 is 10.1 Å². The fourth-order valence-corrected chi connectivity index (χ4v) is 2.01. The van der Waals surface area contributed by atoms with Crippen molar-refractivity contribution in [3.05, 3.63) is 48.5 Å². The lowest BCUT2D eigenvalue weighted by atomic mass is 10.2. The van der Waals surface area contributed by atoms with E-state index in [1.54, 1.807) is 30.7 Å². The standard InChI is InChI=1S/C15H19N3O3/c1-12(10-18-8-6-16-11-18)17-7-9-21-14-5-3-2-4-13(14)15(19)20/h2-6,8,11-12,17H,7,9-10H2,1H3,(H,19,20). The van der Waals surface area contributed by atoms with Crippen LogP contribution in [0.15, 0.2) is 43.0 Å². The van der Waals surface area contributed by atoms with Gasteiger partial charge in [0, 0.05) is 31.5 Å². The molecule has 6 nitrogen and oxygen atoms in total. The van der Waals surface area contributed by atoms with Gasteiger partial charge in [0.25, 0.3) is 0 Å². The molecule has 0 radical (unpaired) electrons. The van der Waals surface area contributed by atoms with Gasteiger partial charge in [-0.15, -0.1) is 0 Å². The summed E-state index contributed by atoms with van der Waals surface area (Å²) >= 11 is 0. The van der Waals surface area contributed by atoms with Crippen LogP contribution in [-0.4, -0.2) is 39.8 Å². The molecule has 0 saturated heterocycles. The number of rotatable bonds is 8. The van der Waals surface area contributed by atoms with Gasteiger partial charge in [-0.3, -0.25) is 0 Å². The highest BCUT2D eigenvalue weighted by Gasteiger charge is 2.09. The second-order valence-electron chi connectivity index (χ2n) is 4.76. The monoisotopic (exact) mass is 289 g/mol. The van der Waals surface area contributed by atoms with Crippen LogP contribution in [0, 0.1) is 0 Å². The number of carboxylic acid groups (broad SMARTS) is 1. The Morgan fingerprint density at radius 1 is 1.48 bits per heavy atom. The maximum atomic E-state index is 11.0. The largest absolute Gasteiger partial charge is 0.491 e. The maximum absolute atomic E-state index is 11.0. The minimum atomic E-state index is -0.980. The molecule has 1 unspecified atom stereocenters. The molecule has 2 rings (SSSR count). The van der Waals surface area contributed by atoms with Crippen molar-refractivity contribution in [2.75, 3.05) is 13.2 Å². The summed E-state index contributed by atoms with van der Waals surface area (Å²) in [5, 5.41) is 12.4. The number of aromatic nitrogens is 2. The van der Waals surface area contributed by atoms with Gasteiger partial charge < -0.3 is 19.7 Å². The Morgan fingerprint density at radius 2 is 2.29 bits per heavy atom. The molecule has 0 aliphatic heterocycles. The Balaban J connectivity index is 1.73. The third-order valence-electron chi connectivity index (χ3n) is 3.01. The van der Waals surface area contributed by atoms with Crippen molar-refractivity contribution in [2.45, 2.75) is 19.5 Å². The Bertz CT molecular complexity index is 569. The summed E-state index contributed by atoms with van der Waals surface area (Å²) in [6.45, 7) is 3.96. The van der Waals surface area contributed by atoms with Crippen LogP contribution in [0.25, 0.3) is 0 Å². The van der Waals surface area contributed by atoms with E-state index in [1.807, 2.05) is 10.8 Å². The second-order valence-corrected chi connectivity index (χ2v) is 4.76. The van der Waals surface area contributed by atoms with Gasteiger partial charge in [0.05, 0.1) is 6.33 Å². The zero-order valence-corrected chi connectivity index (χ0v) is 11.9. The molecule has 1 aromatic carbocycles. The first kappa shape index (κ1) is 15.1. The Kier molecular flexibility index (Phi) is 5.34. The SMILES string of the molecule is CC(Cn1ccnc1)NCCOc1ccccc1C(=O)O. The fraction of sp³-hybridized carbons (Fsp3) is 0.333. The van der Waals surface area contributed by atoms with E-state index < -0.39 is 5.97 Å². The lowest BCUT2D eigenvalue weighted by Gasteiger charge is -2.15. The average molecular weight is 289 g/mol. The number of imidazole rings is 1. The van der Waals surface area contributed by atoms with Gasteiger partial charge in [-0.25, -0.2) is 9.78 Å². The fourth-order valence-electron chi connectivity index (χ4n) is 2.01. The number of benzene rings is 1. The summed E-state index contributed by atoms with van der Waals surface area (Å²) in [6.07, 6.45) is 5.44. The van der Waals surface area contributed by atoms with E-state index in [4.69, 9.17) is 9.84 Å². The molecule has 0 bridgehead atoms. The predicted molar refractivity (Wildman–Crippen MR) is 78.6 cm³/mol. The summed E-state index contributed by atoms with van der Waals surface area (Å²) in [5.41, 5.74) is 0.184. The Labute approximate surface area is 123 Å². The predicted octanol–water partition coefficient (Wildman–Crippen LogP) is 1.64. The zero-order valence-electron chi connectivity index (χ0n) is 11.9. The number of hydrogen-bond acceptors (Lipinski definition) is 4. The van der Waals surface area contributed by atoms with Crippen molar-refractivity contribution in [3.8, 4) is 5.75 Å². The molecular weight excluding hydrogens is 270 g/mol. The summed E-state index contributed by atoms with van der Waals surface area (Å²) in [5.74, 6) is -0.582. The van der Waals surface area contributed by atoms with Crippen LogP contribution in [0.5, 0.6) is 5.75 Å². The molecule has 0 aliphatic carbocycles. The molecule has 1 aromatic heterocycles. The highest BCUT2D eigenvalue weighted by Crippen LogP contribution is 2.17. The van der Waals surface area contributed by atoms with Crippen molar-refractivity contribution >= 4 is 5.97 Å². The van der Waals surface area contributed by atoms with Crippen LogP contribution >= 0.6 is 0 Å². The minimum absolute atomic E-state index is 0.184. The maximum Gasteiger partial charge on any atom is 0.339 e. The second kappa shape index (κ2) is 7.44. The van der Waals surface area contributed by atoms with Gasteiger partial charge >= 0.3 is 5.97 Å². The first-order valence-electron chi connectivity index (χ1n) is 6.81. The lowest BCUT2D eigenvalue weighted by Crippen LogP contribution is -2.33. The molecule has 2 N–H and O–H groups in total. The van der Waals surface area contributed by atoms with Gasteiger partial charge in [-0.2, -0.15) is 0 Å². The number of hydrogen-bond donors (Lipinski definition) is 2. The van der Waals surface area contributed by atoms with Crippen molar-refractivity contribution in [2.24, 2.45) is 0 Å². The van der Waals surface area contributed by atoms with Gasteiger partial charge in [0.2, 0.25) is 0 Å². The lowest BCUT2D eigenvalue weighted by molar-refractivity contribution is 0.0692. The first-order valence-corrected chi connectivity index (χ1v) is 6.81. The molecule has 2 aromatic rings. The molecule has 0 amide bonds. The molecule has 0 aliphatic rings. The third-order valence-corrected chi connectivity index (χ3v) is 3.01. The van der Waals surface area contributed by atoms with Crippen LogP contribution in [0.1, 0.15) is 17.3 Å². The zero-order chi connectivity index (χ0) is 15.1. The van der Waals surface area contributed by atoms with Gasteiger partial charge in [0.15, 0.2) is 0 Å². The van der Waals surface area contributed by atoms with E-state index in [2.05, 4.69) is 17.2 Å². The van der Waals surface area contributed by atoms with Gasteiger partial charge in [0.1, 0.15) is 17.9 Å². The van der Waals surface area contributed by atoms with E-state index in [9.17, 15) is 4.79 Å². The molecule has 1 heterocycles. The minimum Gasteiger partial charge on any atom is -0.491 e. The van der Waals surface area contributed by atoms with Crippen LogP contribution in [-0.2, 0) is 6.54 Å². The number of carboxylic acids is 1. The van der Waals surface area contributed by atoms with Crippen molar-refractivity contribution in [3.63, 3.8) is 0 Å². The van der Waals surface area contributed by atoms with E-state index in [-0.39, 0.29) is 11.6 Å². The smallest absolute Gasteiger partial charge is 0.339 e. The number of aromatic carboxylic acids is 1.